The molecule has 1 aromatic carbocycles. The number of hydrogen-bond acceptors (Lipinski definition) is 2. The second-order valence-corrected chi connectivity index (χ2v) is 5.83. The lowest BCUT2D eigenvalue weighted by Crippen LogP contribution is -2.43. The lowest BCUT2D eigenvalue weighted by Gasteiger charge is -2.28. The third-order valence-electron chi connectivity index (χ3n) is 4.29. The van der Waals surface area contributed by atoms with Crippen LogP contribution < -0.4 is 5.73 Å². The Morgan fingerprint density at radius 1 is 1.05 bits per heavy atom. The molecule has 0 fully saturated rings. The van der Waals surface area contributed by atoms with E-state index in [-0.39, 0.29) is 6.54 Å². The molecule has 1 rings (SSSR count). The van der Waals surface area contributed by atoms with Gasteiger partial charge in [0.1, 0.15) is 5.41 Å². The van der Waals surface area contributed by atoms with E-state index in [1.165, 1.54) is 32.1 Å². The smallest absolute Gasteiger partial charge is 0.315 e. The highest BCUT2D eigenvalue weighted by molar-refractivity contribution is 5.81. The molecular formula is C18H29NO2. The van der Waals surface area contributed by atoms with Crippen molar-refractivity contribution in [2.75, 3.05) is 6.54 Å². The second kappa shape index (κ2) is 9.56. The first-order valence-corrected chi connectivity index (χ1v) is 8.16. The summed E-state index contributed by atoms with van der Waals surface area (Å²) in [7, 11) is 0. The summed E-state index contributed by atoms with van der Waals surface area (Å²) in [6, 6.07) is 9.42. The van der Waals surface area contributed by atoms with E-state index in [1.54, 1.807) is 0 Å². The molecule has 0 radical (unpaired) electrons. The molecule has 1 aromatic rings. The van der Waals surface area contributed by atoms with Crippen molar-refractivity contribution >= 4 is 5.97 Å². The van der Waals surface area contributed by atoms with Gasteiger partial charge in [-0.05, 0) is 12.0 Å². The number of carbonyl (C=O) groups is 1. The fraction of sp³-hybridized carbons (Fsp3) is 0.611. The van der Waals surface area contributed by atoms with Crippen molar-refractivity contribution in [1.29, 1.82) is 0 Å². The summed E-state index contributed by atoms with van der Waals surface area (Å²) in [5.74, 6) is -0.804. The second-order valence-electron chi connectivity index (χ2n) is 5.83. The lowest BCUT2D eigenvalue weighted by molar-refractivity contribution is -0.143. The monoisotopic (exact) mass is 291 g/mol. The Bertz CT molecular complexity index is 405. The van der Waals surface area contributed by atoms with E-state index in [0.29, 0.717) is 6.42 Å². The van der Waals surface area contributed by atoms with E-state index in [9.17, 15) is 9.90 Å². The van der Waals surface area contributed by atoms with Crippen LogP contribution in [0.3, 0.4) is 0 Å². The molecule has 0 saturated carbocycles. The first kappa shape index (κ1) is 17.7. The van der Waals surface area contributed by atoms with Crippen molar-refractivity contribution < 1.29 is 9.90 Å². The standard InChI is InChI=1S/C18H29NO2/c1-2-3-4-5-6-7-11-14-18(15-19,17(20)21)16-12-9-8-10-13-16/h8-10,12-13H,2-7,11,14-15,19H2,1H3,(H,20,21). The Kier molecular flexibility index (Phi) is 8.06. The van der Waals surface area contributed by atoms with Gasteiger partial charge in [0, 0.05) is 6.54 Å². The van der Waals surface area contributed by atoms with Crippen molar-refractivity contribution in [2.24, 2.45) is 5.73 Å². The van der Waals surface area contributed by atoms with E-state index < -0.39 is 11.4 Å². The van der Waals surface area contributed by atoms with Crippen LogP contribution in [0.4, 0.5) is 0 Å². The fourth-order valence-corrected chi connectivity index (χ4v) is 2.82. The minimum absolute atomic E-state index is 0.155. The predicted molar refractivity (Wildman–Crippen MR) is 87.4 cm³/mol. The molecule has 0 aliphatic rings. The van der Waals surface area contributed by atoms with Gasteiger partial charge in [-0.3, -0.25) is 4.79 Å². The summed E-state index contributed by atoms with van der Waals surface area (Å²) >= 11 is 0. The molecule has 0 amide bonds. The van der Waals surface area contributed by atoms with Crippen molar-refractivity contribution in [1.82, 2.24) is 0 Å². The summed E-state index contributed by atoms with van der Waals surface area (Å²) in [5.41, 5.74) is 5.74. The number of aliphatic carboxylic acids is 1. The van der Waals surface area contributed by atoms with Crippen LogP contribution >= 0.6 is 0 Å². The molecule has 1 atom stereocenters. The average Bonchev–Trinajstić information content (AvgIpc) is 2.51. The molecule has 21 heavy (non-hydrogen) atoms. The fourth-order valence-electron chi connectivity index (χ4n) is 2.82. The summed E-state index contributed by atoms with van der Waals surface area (Å²) in [4.78, 5) is 11.8. The summed E-state index contributed by atoms with van der Waals surface area (Å²) in [5, 5.41) is 9.67. The minimum atomic E-state index is -0.926. The van der Waals surface area contributed by atoms with Gasteiger partial charge in [0.2, 0.25) is 0 Å². The summed E-state index contributed by atoms with van der Waals surface area (Å²) in [6.45, 7) is 2.37. The van der Waals surface area contributed by atoms with E-state index >= 15 is 0 Å². The number of hydrogen-bond donors (Lipinski definition) is 2. The van der Waals surface area contributed by atoms with Gasteiger partial charge in [0.15, 0.2) is 0 Å². The van der Waals surface area contributed by atoms with Gasteiger partial charge in [-0.15, -0.1) is 0 Å². The normalized spacial score (nSPS) is 13.8. The van der Waals surface area contributed by atoms with Gasteiger partial charge >= 0.3 is 5.97 Å². The molecular weight excluding hydrogens is 262 g/mol. The SMILES string of the molecule is CCCCCCCCCC(CN)(C(=O)O)c1ccccc1. The van der Waals surface area contributed by atoms with Gasteiger partial charge in [-0.25, -0.2) is 0 Å². The maximum absolute atomic E-state index is 11.8. The van der Waals surface area contributed by atoms with Crippen molar-refractivity contribution in [3.05, 3.63) is 35.9 Å². The highest BCUT2D eigenvalue weighted by Crippen LogP contribution is 2.30. The molecule has 3 N–H and O–H groups in total. The van der Waals surface area contributed by atoms with Crippen LogP contribution in [0.15, 0.2) is 30.3 Å². The zero-order valence-corrected chi connectivity index (χ0v) is 13.2. The highest BCUT2D eigenvalue weighted by Gasteiger charge is 2.38. The van der Waals surface area contributed by atoms with Crippen LogP contribution in [0.25, 0.3) is 0 Å². The molecule has 118 valence electrons. The maximum atomic E-state index is 11.8. The van der Waals surface area contributed by atoms with Gasteiger partial charge in [-0.2, -0.15) is 0 Å². The summed E-state index contributed by atoms with van der Waals surface area (Å²) < 4.78 is 0. The number of benzene rings is 1. The molecule has 0 aromatic heterocycles. The number of unbranched alkanes of at least 4 members (excludes halogenated alkanes) is 6. The van der Waals surface area contributed by atoms with Gasteiger partial charge < -0.3 is 10.8 Å². The average molecular weight is 291 g/mol. The molecule has 1 unspecified atom stereocenters. The topological polar surface area (TPSA) is 63.3 Å². The Labute approximate surface area is 128 Å². The molecule has 0 saturated heterocycles. The van der Waals surface area contributed by atoms with E-state index in [0.717, 1.165) is 18.4 Å². The first-order chi connectivity index (χ1) is 10.2. The first-order valence-electron chi connectivity index (χ1n) is 8.16. The van der Waals surface area contributed by atoms with E-state index in [1.807, 2.05) is 30.3 Å². The third kappa shape index (κ3) is 5.16. The van der Waals surface area contributed by atoms with Crippen molar-refractivity contribution in [3.8, 4) is 0 Å². The van der Waals surface area contributed by atoms with Crippen LogP contribution in [0.2, 0.25) is 0 Å². The van der Waals surface area contributed by atoms with Crippen LogP contribution in [0, 0.1) is 0 Å². The molecule has 0 aliphatic heterocycles. The zero-order valence-electron chi connectivity index (χ0n) is 13.2. The van der Waals surface area contributed by atoms with Crippen molar-refractivity contribution in [2.45, 2.75) is 63.7 Å². The van der Waals surface area contributed by atoms with Crippen LogP contribution in [-0.4, -0.2) is 17.6 Å². The predicted octanol–water partition coefficient (Wildman–Crippen LogP) is 4.11. The quantitative estimate of drug-likeness (QED) is 0.603. The van der Waals surface area contributed by atoms with Gasteiger partial charge in [0.05, 0.1) is 0 Å². The zero-order chi connectivity index (χ0) is 15.6. The number of rotatable bonds is 11. The third-order valence-corrected chi connectivity index (χ3v) is 4.29. The van der Waals surface area contributed by atoms with Gasteiger partial charge in [-0.1, -0.05) is 82.2 Å². The molecule has 0 spiro atoms. The number of nitrogens with two attached hydrogens (primary N) is 1. The van der Waals surface area contributed by atoms with E-state index in [4.69, 9.17) is 5.73 Å². The van der Waals surface area contributed by atoms with Crippen LogP contribution in [0.1, 0.15) is 63.9 Å². The molecule has 0 bridgehead atoms. The Hall–Kier alpha value is -1.35. The molecule has 3 nitrogen and oxygen atoms in total. The highest BCUT2D eigenvalue weighted by atomic mass is 16.4. The lowest BCUT2D eigenvalue weighted by atomic mass is 9.76. The van der Waals surface area contributed by atoms with Crippen LogP contribution in [0.5, 0.6) is 0 Å². The Morgan fingerprint density at radius 3 is 2.14 bits per heavy atom. The van der Waals surface area contributed by atoms with Crippen molar-refractivity contribution in [3.63, 3.8) is 0 Å². The van der Waals surface area contributed by atoms with Crippen LogP contribution in [-0.2, 0) is 10.2 Å². The largest absolute Gasteiger partial charge is 0.481 e. The molecule has 0 heterocycles. The minimum Gasteiger partial charge on any atom is -0.481 e. The Morgan fingerprint density at radius 2 is 1.62 bits per heavy atom. The number of carboxylic acid groups (broad SMARTS) is 1. The summed E-state index contributed by atoms with van der Waals surface area (Å²) in [6.07, 6.45) is 8.91. The molecule has 0 aliphatic carbocycles. The maximum Gasteiger partial charge on any atom is 0.315 e. The molecule has 3 heteroatoms. The van der Waals surface area contributed by atoms with Gasteiger partial charge in [0.25, 0.3) is 0 Å². The van der Waals surface area contributed by atoms with E-state index in [2.05, 4.69) is 6.92 Å². The Balaban J connectivity index is 2.54. The number of carboxylic acids is 1.